The third kappa shape index (κ3) is 12.1. The molecule has 45 heavy (non-hydrogen) atoms. The van der Waals surface area contributed by atoms with E-state index in [9.17, 15) is 0 Å². The van der Waals surface area contributed by atoms with E-state index >= 15 is 0 Å². The van der Waals surface area contributed by atoms with E-state index in [-0.39, 0.29) is 6.04 Å². The highest BCUT2D eigenvalue weighted by molar-refractivity contribution is 5.65. The molecule has 1 aliphatic heterocycles. The van der Waals surface area contributed by atoms with Gasteiger partial charge in [0.15, 0.2) is 0 Å². The molecule has 0 bridgehead atoms. The summed E-state index contributed by atoms with van der Waals surface area (Å²) in [4.78, 5) is 3.57. The molecule has 1 aromatic heterocycles. The van der Waals surface area contributed by atoms with Crippen molar-refractivity contribution < 1.29 is 9.47 Å². The van der Waals surface area contributed by atoms with E-state index in [0.717, 1.165) is 59.8 Å². The van der Waals surface area contributed by atoms with Gasteiger partial charge in [-0.25, -0.2) is 0 Å². The van der Waals surface area contributed by atoms with Crippen LogP contribution < -0.4 is 14.8 Å². The molecular weight excluding hydrogens is 552 g/mol. The first kappa shape index (κ1) is 36.1. The topological polar surface area (TPSA) is 46.3 Å². The fourth-order valence-corrected chi connectivity index (χ4v) is 5.70. The zero-order valence-electron chi connectivity index (χ0n) is 29.0. The summed E-state index contributed by atoms with van der Waals surface area (Å²) >= 11 is 0. The van der Waals surface area contributed by atoms with Crippen LogP contribution >= 0.6 is 0 Å². The smallest absolute Gasteiger partial charge is 0.119 e. The first-order valence-electron chi connectivity index (χ1n) is 18.0. The van der Waals surface area contributed by atoms with E-state index in [0.29, 0.717) is 12.2 Å². The van der Waals surface area contributed by atoms with Gasteiger partial charge >= 0.3 is 0 Å². The van der Waals surface area contributed by atoms with Crippen molar-refractivity contribution in [3.8, 4) is 22.8 Å². The van der Waals surface area contributed by atoms with Gasteiger partial charge in [-0.15, -0.1) is 0 Å². The summed E-state index contributed by atoms with van der Waals surface area (Å²) in [5.74, 6) is 1.94. The minimum absolute atomic E-state index is 0.164. The molecule has 0 aliphatic carbocycles. The number of aromatic nitrogens is 1. The normalized spacial score (nSPS) is 14.9. The fourth-order valence-electron chi connectivity index (χ4n) is 5.70. The molecule has 1 aliphatic rings. The molecule has 2 aromatic carbocycles. The van der Waals surface area contributed by atoms with Crippen LogP contribution in [0.4, 0.5) is 0 Å². The Morgan fingerprint density at radius 3 is 1.62 bits per heavy atom. The molecule has 4 rings (SSSR count). The van der Waals surface area contributed by atoms with E-state index in [1.165, 1.54) is 56.9 Å². The summed E-state index contributed by atoms with van der Waals surface area (Å²) in [7, 11) is 0. The van der Waals surface area contributed by atoms with Crippen molar-refractivity contribution in [2.45, 2.75) is 137 Å². The maximum atomic E-state index is 6.37. The third-order valence-electron chi connectivity index (χ3n) is 8.34. The molecule has 1 atom stereocenters. The minimum atomic E-state index is 0.164. The highest BCUT2D eigenvalue weighted by Crippen LogP contribution is 2.28. The van der Waals surface area contributed by atoms with Crippen LogP contribution in [0.15, 0.2) is 78.5 Å². The molecule has 4 heteroatoms. The maximum Gasteiger partial charge on any atom is 0.119 e. The summed E-state index contributed by atoms with van der Waals surface area (Å²) in [5, 5.41) is 3.65. The SMILES string of the molecule is CC.CCCCC(CCCC)Oc1ccc(-c2ccc(/C=C3/C=CC(c4ccc(OC(CCCC)CCCC)cc4)N3)[nH]2)cc1. The summed E-state index contributed by atoms with van der Waals surface area (Å²) in [6.45, 7) is 13.0. The van der Waals surface area contributed by atoms with Crippen molar-refractivity contribution in [3.05, 3.63) is 89.8 Å². The van der Waals surface area contributed by atoms with Crippen LogP contribution in [0.5, 0.6) is 11.5 Å². The second-order valence-corrected chi connectivity index (χ2v) is 12.1. The minimum Gasteiger partial charge on any atom is -0.490 e. The Hall–Kier alpha value is -3.40. The molecule has 0 fully saturated rings. The number of aromatic amines is 1. The van der Waals surface area contributed by atoms with E-state index in [4.69, 9.17) is 9.47 Å². The number of nitrogens with one attached hydrogen (secondary N) is 2. The van der Waals surface area contributed by atoms with Gasteiger partial charge < -0.3 is 19.8 Å². The van der Waals surface area contributed by atoms with Gasteiger partial charge in [0, 0.05) is 17.1 Å². The Morgan fingerprint density at radius 1 is 0.644 bits per heavy atom. The number of hydrogen-bond donors (Lipinski definition) is 2. The Labute approximate surface area is 274 Å². The molecule has 2 N–H and O–H groups in total. The van der Waals surface area contributed by atoms with Gasteiger partial charge in [0.2, 0.25) is 0 Å². The highest BCUT2D eigenvalue weighted by atomic mass is 16.5. The molecule has 1 unspecified atom stereocenters. The van der Waals surface area contributed by atoms with E-state index < -0.39 is 0 Å². The van der Waals surface area contributed by atoms with Crippen LogP contribution in [0.3, 0.4) is 0 Å². The van der Waals surface area contributed by atoms with Gasteiger partial charge in [-0.1, -0.05) is 111 Å². The standard InChI is InChI=1S/C39H54N2O2.C2H6/c1-5-9-13-34(14-10-6-2)42-36-23-17-30(18-24-36)38-27-21-32(40-38)29-33-22-28-39(41-33)31-19-25-37(26-20-31)43-35(15-11-7-3)16-12-8-4;1-2/h17-29,34-35,38,40-41H,5-16H2,1-4H3;1-2H3/b32-29-;. The summed E-state index contributed by atoms with van der Waals surface area (Å²) in [5.41, 5.74) is 5.70. The molecule has 0 saturated heterocycles. The van der Waals surface area contributed by atoms with Crippen molar-refractivity contribution in [1.82, 2.24) is 10.3 Å². The van der Waals surface area contributed by atoms with Crippen molar-refractivity contribution in [3.63, 3.8) is 0 Å². The number of benzene rings is 2. The molecule has 3 aromatic rings. The summed E-state index contributed by atoms with van der Waals surface area (Å²) in [6.07, 6.45) is 21.5. The fraction of sp³-hybridized carbons (Fsp3) is 0.512. The van der Waals surface area contributed by atoms with Crippen molar-refractivity contribution in [1.29, 1.82) is 0 Å². The molecule has 2 heterocycles. The second-order valence-electron chi connectivity index (χ2n) is 12.1. The van der Waals surface area contributed by atoms with Gasteiger partial charge in [-0.2, -0.15) is 0 Å². The maximum absolute atomic E-state index is 6.37. The zero-order valence-corrected chi connectivity index (χ0v) is 29.0. The number of unbranched alkanes of at least 4 members (excludes halogenated alkanes) is 4. The van der Waals surface area contributed by atoms with Gasteiger partial charge in [0.25, 0.3) is 0 Å². The lowest BCUT2D eigenvalue weighted by atomic mass is 10.1. The molecule has 0 saturated carbocycles. The Bertz CT molecular complexity index is 1240. The van der Waals surface area contributed by atoms with Crippen LogP contribution in [0, 0.1) is 0 Å². The van der Waals surface area contributed by atoms with Gasteiger partial charge in [-0.05, 0) is 97.5 Å². The zero-order chi connectivity index (χ0) is 32.3. The number of rotatable bonds is 19. The Balaban J connectivity index is 0.00000271. The van der Waals surface area contributed by atoms with Crippen LogP contribution in [0.2, 0.25) is 0 Å². The molecule has 0 amide bonds. The molecule has 0 spiro atoms. The Kier molecular flexibility index (Phi) is 16.5. The molecule has 246 valence electrons. The van der Waals surface area contributed by atoms with Crippen molar-refractivity contribution >= 4 is 6.08 Å². The van der Waals surface area contributed by atoms with Crippen molar-refractivity contribution in [2.75, 3.05) is 0 Å². The molecule has 4 nitrogen and oxygen atoms in total. The van der Waals surface area contributed by atoms with E-state index in [2.05, 4.69) is 117 Å². The first-order valence-corrected chi connectivity index (χ1v) is 18.0. The second kappa shape index (κ2) is 20.6. The molecule has 0 radical (unpaired) electrons. The lowest BCUT2D eigenvalue weighted by Crippen LogP contribution is -2.16. The van der Waals surface area contributed by atoms with E-state index in [1.54, 1.807) is 0 Å². The quantitative estimate of drug-likeness (QED) is 0.142. The largest absolute Gasteiger partial charge is 0.490 e. The van der Waals surface area contributed by atoms with Gasteiger partial charge in [-0.3, -0.25) is 0 Å². The number of hydrogen-bond acceptors (Lipinski definition) is 3. The number of H-pyrrole nitrogens is 1. The average molecular weight is 613 g/mol. The lowest BCUT2D eigenvalue weighted by Gasteiger charge is -2.19. The van der Waals surface area contributed by atoms with Gasteiger partial charge in [0.1, 0.15) is 11.5 Å². The van der Waals surface area contributed by atoms with Crippen LogP contribution in [-0.4, -0.2) is 17.2 Å². The number of ether oxygens (including phenoxy) is 2. The van der Waals surface area contributed by atoms with Crippen LogP contribution in [0.25, 0.3) is 17.3 Å². The van der Waals surface area contributed by atoms with E-state index in [1.807, 2.05) is 13.8 Å². The van der Waals surface area contributed by atoms with Crippen molar-refractivity contribution in [2.24, 2.45) is 0 Å². The third-order valence-corrected chi connectivity index (χ3v) is 8.34. The predicted molar refractivity (Wildman–Crippen MR) is 194 cm³/mol. The lowest BCUT2D eigenvalue weighted by molar-refractivity contribution is 0.174. The monoisotopic (exact) mass is 612 g/mol. The Morgan fingerprint density at radius 2 is 1.13 bits per heavy atom. The molecular formula is C41H60N2O2. The van der Waals surface area contributed by atoms with Crippen LogP contribution in [-0.2, 0) is 0 Å². The first-order chi connectivity index (χ1) is 22.1. The van der Waals surface area contributed by atoms with Gasteiger partial charge in [0.05, 0.1) is 18.2 Å². The average Bonchev–Trinajstić information content (AvgIpc) is 3.75. The predicted octanol–water partition coefficient (Wildman–Crippen LogP) is 12.2. The number of allylic oxidation sites excluding steroid dienone is 1. The summed E-state index contributed by atoms with van der Waals surface area (Å²) in [6, 6.07) is 21.6. The highest BCUT2D eigenvalue weighted by Gasteiger charge is 2.16. The van der Waals surface area contributed by atoms with Crippen LogP contribution in [0.1, 0.15) is 136 Å². The summed E-state index contributed by atoms with van der Waals surface area (Å²) < 4.78 is 12.7.